The summed E-state index contributed by atoms with van der Waals surface area (Å²) in [4.78, 5) is 18.8. The van der Waals surface area contributed by atoms with Crippen molar-refractivity contribution in [2.24, 2.45) is 0 Å². The maximum absolute atomic E-state index is 13.0. The van der Waals surface area contributed by atoms with Gasteiger partial charge in [0.2, 0.25) is 5.88 Å². The number of para-hydroxylation sites is 1. The Kier molecular flexibility index (Phi) is 5.45. The molecule has 0 aliphatic carbocycles. The van der Waals surface area contributed by atoms with Crippen LogP contribution in [-0.4, -0.2) is 17.9 Å². The van der Waals surface area contributed by atoms with Gasteiger partial charge in [0, 0.05) is 30.0 Å². The number of aromatic nitrogens is 1. The highest BCUT2D eigenvalue weighted by Crippen LogP contribution is 2.33. The molecule has 1 aromatic heterocycles. The van der Waals surface area contributed by atoms with Crippen LogP contribution in [0.5, 0.6) is 11.6 Å². The van der Waals surface area contributed by atoms with E-state index in [1.54, 1.807) is 48.5 Å². The van der Waals surface area contributed by atoms with E-state index in [9.17, 15) is 4.79 Å². The molecule has 4 nitrogen and oxygen atoms in total. The second-order valence-corrected chi connectivity index (χ2v) is 6.53. The Hall–Kier alpha value is -2.56. The molecular formula is C20H16Cl2N2O2. The number of halogens is 2. The van der Waals surface area contributed by atoms with Crippen LogP contribution in [0.2, 0.25) is 10.0 Å². The Labute approximate surface area is 162 Å². The lowest BCUT2D eigenvalue weighted by atomic mass is 10.1. The van der Waals surface area contributed by atoms with Gasteiger partial charge in [0.25, 0.3) is 5.91 Å². The predicted molar refractivity (Wildman–Crippen MR) is 105 cm³/mol. The number of rotatable bonds is 4. The van der Waals surface area contributed by atoms with Crippen LogP contribution < -0.4 is 9.64 Å². The van der Waals surface area contributed by atoms with Gasteiger partial charge in [0.1, 0.15) is 11.3 Å². The van der Waals surface area contributed by atoms with Crippen molar-refractivity contribution in [3.8, 4) is 11.6 Å². The number of nitrogens with zero attached hydrogens (tertiary/aromatic N) is 2. The van der Waals surface area contributed by atoms with Crippen LogP contribution in [0.25, 0.3) is 0 Å². The first-order valence-corrected chi connectivity index (χ1v) is 8.64. The maximum atomic E-state index is 13.0. The highest BCUT2D eigenvalue weighted by molar-refractivity contribution is 6.34. The van der Waals surface area contributed by atoms with Gasteiger partial charge in [-0.05, 0) is 42.8 Å². The van der Waals surface area contributed by atoms with E-state index in [-0.39, 0.29) is 11.8 Å². The molecule has 0 fully saturated rings. The zero-order valence-electron chi connectivity index (χ0n) is 14.2. The summed E-state index contributed by atoms with van der Waals surface area (Å²) in [5.74, 6) is 0.271. The molecule has 0 N–H and O–H groups in total. The van der Waals surface area contributed by atoms with Crippen molar-refractivity contribution in [1.29, 1.82) is 0 Å². The molecular weight excluding hydrogens is 371 g/mol. The van der Waals surface area contributed by atoms with Gasteiger partial charge in [-0.25, -0.2) is 4.98 Å². The Balaban J connectivity index is 1.95. The number of benzene rings is 2. The van der Waals surface area contributed by atoms with E-state index >= 15 is 0 Å². The summed E-state index contributed by atoms with van der Waals surface area (Å²) in [6.07, 6.45) is 1.55. The van der Waals surface area contributed by atoms with Crippen molar-refractivity contribution in [2.75, 3.05) is 11.9 Å². The number of hydrogen-bond acceptors (Lipinski definition) is 3. The Morgan fingerprint density at radius 3 is 2.62 bits per heavy atom. The van der Waals surface area contributed by atoms with Crippen LogP contribution in [0.1, 0.15) is 15.9 Å². The van der Waals surface area contributed by atoms with Gasteiger partial charge in [-0.3, -0.25) is 4.79 Å². The van der Waals surface area contributed by atoms with E-state index in [4.69, 9.17) is 27.9 Å². The van der Waals surface area contributed by atoms with E-state index in [2.05, 4.69) is 4.98 Å². The molecule has 0 unspecified atom stereocenters. The number of carbonyl (C=O) groups is 1. The van der Waals surface area contributed by atoms with E-state index in [1.807, 2.05) is 31.2 Å². The lowest BCUT2D eigenvalue weighted by Gasteiger charge is -2.20. The summed E-state index contributed by atoms with van der Waals surface area (Å²) >= 11 is 12.1. The Morgan fingerprint density at radius 1 is 1.08 bits per heavy atom. The molecule has 2 aromatic carbocycles. The minimum Gasteiger partial charge on any atom is -0.437 e. The molecule has 132 valence electrons. The average Bonchev–Trinajstić information content (AvgIpc) is 2.64. The lowest BCUT2D eigenvalue weighted by molar-refractivity contribution is 0.0990. The number of aryl methyl sites for hydroxylation is 1. The van der Waals surface area contributed by atoms with Crippen LogP contribution in [0.15, 0.2) is 60.8 Å². The first-order chi connectivity index (χ1) is 12.5. The fourth-order valence-electron chi connectivity index (χ4n) is 2.52. The zero-order valence-corrected chi connectivity index (χ0v) is 15.8. The van der Waals surface area contributed by atoms with Crippen molar-refractivity contribution in [2.45, 2.75) is 6.92 Å². The van der Waals surface area contributed by atoms with Crippen molar-refractivity contribution < 1.29 is 9.53 Å². The number of carbonyl (C=O) groups excluding carboxylic acids is 1. The third-order valence-corrected chi connectivity index (χ3v) is 4.43. The van der Waals surface area contributed by atoms with Crippen LogP contribution in [0.4, 0.5) is 5.69 Å². The molecule has 1 amide bonds. The molecule has 0 saturated carbocycles. The van der Waals surface area contributed by atoms with Crippen molar-refractivity contribution in [3.05, 3.63) is 82.0 Å². The molecule has 6 heteroatoms. The van der Waals surface area contributed by atoms with E-state index in [0.29, 0.717) is 21.4 Å². The van der Waals surface area contributed by atoms with Gasteiger partial charge < -0.3 is 9.64 Å². The molecule has 0 aliphatic rings. The molecule has 3 aromatic rings. The number of anilines is 1. The number of pyridine rings is 1. The maximum Gasteiger partial charge on any atom is 0.263 e. The van der Waals surface area contributed by atoms with Crippen molar-refractivity contribution in [3.63, 3.8) is 0 Å². The Morgan fingerprint density at radius 2 is 1.85 bits per heavy atom. The first-order valence-electron chi connectivity index (χ1n) is 7.89. The zero-order chi connectivity index (χ0) is 18.7. The normalized spacial score (nSPS) is 10.5. The third kappa shape index (κ3) is 3.82. The summed E-state index contributed by atoms with van der Waals surface area (Å²) in [7, 11) is 1.72. The largest absolute Gasteiger partial charge is 0.437 e. The van der Waals surface area contributed by atoms with Crippen LogP contribution in [-0.2, 0) is 0 Å². The van der Waals surface area contributed by atoms with Crippen molar-refractivity contribution in [1.82, 2.24) is 4.98 Å². The molecule has 0 bridgehead atoms. The van der Waals surface area contributed by atoms with Gasteiger partial charge >= 0.3 is 0 Å². The summed E-state index contributed by atoms with van der Waals surface area (Å²) in [5, 5.41) is 0.857. The predicted octanol–water partition coefficient (Wildman–Crippen LogP) is 5.77. The SMILES string of the molecule is Cc1ccccc1N(C)C(=O)c1cccnc1Oc1cc(Cl)ccc1Cl. The second kappa shape index (κ2) is 7.77. The number of amides is 1. The Bertz CT molecular complexity index is 960. The van der Waals surface area contributed by atoms with E-state index in [1.165, 1.54) is 0 Å². The number of ether oxygens (including phenoxy) is 1. The first kappa shape index (κ1) is 18.2. The highest BCUT2D eigenvalue weighted by atomic mass is 35.5. The fourth-order valence-corrected chi connectivity index (χ4v) is 2.84. The summed E-state index contributed by atoms with van der Waals surface area (Å²) in [6.45, 7) is 1.95. The summed E-state index contributed by atoms with van der Waals surface area (Å²) in [5.41, 5.74) is 2.13. The molecule has 3 rings (SSSR count). The molecule has 0 radical (unpaired) electrons. The van der Waals surface area contributed by atoms with Gasteiger partial charge in [-0.1, -0.05) is 41.4 Å². The van der Waals surface area contributed by atoms with E-state index < -0.39 is 0 Å². The monoisotopic (exact) mass is 386 g/mol. The molecule has 26 heavy (non-hydrogen) atoms. The topological polar surface area (TPSA) is 42.4 Å². The van der Waals surface area contributed by atoms with E-state index in [0.717, 1.165) is 11.3 Å². The lowest BCUT2D eigenvalue weighted by Crippen LogP contribution is -2.27. The third-order valence-electron chi connectivity index (χ3n) is 3.88. The summed E-state index contributed by atoms with van der Waals surface area (Å²) in [6, 6.07) is 15.9. The van der Waals surface area contributed by atoms with Crippen LogP contribution in [0, 0.1) is 6.92 Å². The molecule has 0 saturated heterocycles. The fraction of sp³-hybridized carbons (Fsp3) is 0.100. The number of hydrogen-bond donors (Lipinski definition) is 0. The average molecular weight is 387 g/mol. The van der Waals surface area contributed by atoms with Crippen molar-refractivity contribution >= 4 is 34.8 Å². The quantitative estimate of drug-likeness (QED) is 0.571. The minimum atomic E-state index is -0.236. The molecule has 1 heterocycles. The second-order valence-electron chi connectivity index (χ2n) is 5.68. The molecule has 0 aliphatic heterocycles. The summed E-state index contributed by atoms with van der Waals surface area (Å²) < 4.78 is 5.78. The van der Waals surface area contributed by atoms with Gasteiger partial charge in [0.15, 0.2) is 0 Å². The molecule has 0 atom stereocenters. The highest BCUT2D eigenvalue weighted by Gasteiger charge is 2.21. The van der Waals surface area contributed by atoms with Gasteiger partial charge in [0.05, 0.1) is 5.02 Å². The standard InChI is InChI=1S/C20H16Cl2N2O2/c1-13-6-3-4-8-17(13)24(2)20(25)15-7-5-11-23-19(15)26-18-12-14(21)9-10-16(18)22/h3-12H,1-2H3. The van der Waals surface area contributed by atoms with Crippen LogP contribution >= 0.6 is 23.2 Å². The molecule has 0 spiro atoms. The minimum absolute atomic E-state index is 0.169. The smallest absolute Gasteiger partial charge is 0.263 e. The van der Waals surface area contributed by atoms with Gasteiger partial charge in [-0.15, -0.1) is 0 Å². The van der Waals surface area contributed by atoms with Gasteiger partial charge in [-0.2, -0.15) is 0 Å². The van der Waals surface area contributed by atoms with Crippen LogP contribution in [0.3, 0.4) is 0 Å².